The molecule has 0 bridgehead atoms. The lowest BCUT2D eigenvalue weighted by Crippen LogP contribution is -2.42. The van der Waals surface area contributed by atoms with E-state index in [0.717, 1.165) is 16.8 Å². The highest BCUT2D eigenvalue weighted by Crippen LogP contribution is 2.51. The molecule has 0 aliphatic carbocycles. The molecule has 0 amide bonds. The molecule has 0 N–H and O–H groups in total. The van der Waals surface area contributed by atoms with Crippen LogP contribution in [0.4, 0.5) is 11.4 Å². The summed E-state index contributed by atoms with van der Waals surface area (Å²) in [5, 5.41) is 0. The van der Waals surface area contributed by atoms with Crippen molar-refractivity contribution in [2.75, 3.05) is 16.3 Å². The predicted octanol–water partition coefficient (Wildman–Crippen LogP) is 7.16. The second-order valence-corrected chi connectivity index (χ2v) is 10.9. The zero-order valence-corrected chi connectivity index (χ0v) is 21.0. The number of para-hydroxylation sites is 2. The van der Waals surface area contributed by atoms with Gasteiger partial charge in [0.1, 0.15) is 6.17 Å². The van der Waals surface area contributed by atoms with Crippen LogP contribution in [-0.2, 0) is 4.79 Å². The number of hydrogen-bond donors (Lipinski definition) is 0. The van der Waals surface area contributed by atoms with Crippen molar-refractivity contribution in [3.63, 3.8) is 0 Å². The Morgan fingerprint density at radius 1 is 0.857 bits per heavy atom. The molecule has 6 rings (SSSR count). The van der Waals surface area contributed by atoms with Gasteiger partial charge in [-0.15, -0.1) is 11.3 Å². The molecule has 0 spiro atoms. The number of allylic oxidation sites excluding steroid dienone is 1. The number of benzene rings is 3. The third kappa shape index (κ3) is 3.52. The van der Waals surface area contributed by atoms with Crippen LogP contribution in [0.25, 0.3) is 5.57 Å². The topological polar surface area (TPSA) is 23.6 Å². The molecule has 0 radical (unpaired) electrons. The van der Waals surface area contributed by atoms with E-state index >= 15 is 0 Å². The Labute approximate surface area is 211 Å². The molecule has 35 heavy (non-hydrogen) atoms. The van der Waals surface area contributed by atoms with Crippen molar-refractivity contribution >= 4 is 34.1 Å². The smallest absolute Gasteiger partial charge is 0.182 e. The number of ketones is 1. The van der Waals surface area contributed by atoms with E-state index in [1.54, 1.807) is 11.3 Å². The van der Waals surface area contributed by atoms with E-state index in [-0.39, 0.29) is 18.0 Å². The van der Waals surface area contributed by atoms with Crippen molar-refractivity contribution in [2.45, 2.75) is 33.0 Å². The maximum Gasteiger partial charge on any atom is 0.182 e. The summed E-state index contributed by atoms with van der Waals surface area (Å²) < 4.78 is 0. The van der Waals surface area contributed by atoms with Crippen LogP contribution in [0.3, 0.4) is 0 Å². The van der Waals surface area contributed by atoms with Gasteiger partial charge in [-0.1, -0.05) is 72.8 Å². The van der Waals surface area contributed by atoms with Crippen LogP contribution < -0.4 is 9.80 Å². The first-order valence-corrected chi connectivity index (χ1v) is 12.9. The van der Waals surface area contributed by atoms with Crippen molar-refractivity contribution in [1.82, 2.24) is 0 Å². The average molecular weight is 477 g/mol. The van der Waals surface area contributed by atoms with Gasteiger partial charge >= 0.3 is 0 Å². The van der Waals surface area contributed by atoms with Crippen molar-refractivity contribution in [1.29, 1.82) is 0 Å². The lowest BCUT2D eigenvalue weighted by Gasteiger charge is -2.36. The monoisotopic (exact) mass is 476 g/mol. The van der Waals surface area contributed by atoms with Crippen molar-refractivity contribution < 1.29 is 4.79 Å². The van der Waals surface area contributed by atoms with E-state index in [4.69, 9.17) is 0 Å². The summed E-state index contributed by atoms with van der Waals surface area (Å²) in [6.07, 6.45) is -0.148. The van der Waals surface area contributed by atoms with Gasteiger partial charge in [-0.2, -0.15) is 0 Å². The van der Waals surface area contributed by atoms with Gasteiger partial charge in [0.25, 0.3) is 0 Å². The molecule has 1 fully saturated rings. The third-order valence-corrected chi connectivity index (χ3v) is 8.22. The molecule has 1 aromatic heterocycles. The summed E-state index contributed by atoms with van der Waals surface area (Å²) in [5.41, 5.74) is 7.95. The highest BCUT2D eigenvalue weighted by Gasteiger charge is 2.49. The fourth-order valence-electron chi connectivity index (χ4n) is 5.81. The zero-order chi connectivity index (χ0) is 24.1. The van der Waals surface area contributed by atoms with E-state index < -0.39 is 0 Å². The second kappa shape index (κ2) is 8.54. The number of aryl methyl sites for hydroxylation is 2. The number of thiophene rings is 1. The Morgan fingerprint density at radius 2 is 1.43 bits per heavy atom. The van der Waals surface area contributed by atoms with Crippen LogP contribution >= 0.6 is 11.3 Å². The first-order valence-electron chi connectivity index (χ1n) is 12.1. The highest BCUT2D eigenvalue weighted by atomic mass is 32.1. The SMILES string of the molecule is CC(=C1C(=O)CN2c3ccccc3N(C(c3ccccc3)c3ccccc3)C12)c1cc(C)sc1C. The van der Waals surface area contributed by atoms with Crippen LogP contribution in [0, 0.1) is 13.8 Å². The summed E-state index contributed by atoms with van der Waals surface area (Å²) in [6.45, 7) is 6.84. The molecule has 3 aromatic carbocycles. The molecule has 2 aliphatic rings. The molecule has 4 heteroatoms. The Morgan fingerprint density at radius 3 is 2.00 bits per heavy atom. The van der Waals surface area contributed by atoms with Crippen molar-refractivity contribution in [3.05, 3.63) is 123 Å². The van der Waals surface area contributed by atoms with Crippen LogP contribution in [0.5, 0.6) is 0 Å². The van der Waals surface area contributed by atoms with Gasteiger partial charge < -0.3 is 9.80 Å². The molecule has 174 valence electrons. The summed E-state index contributed by atoms with van der Waals surface area (Å²) in [4.78, 5) is 21.0. The average Bonchev–Trinajstić information content (AvgIpc) is 3.50. The van der Waals surface area contributed by atoms with Gasteiger partial charge in [-0.05, 0) is 61.2 Å². The maximum atomic E-state index is 13.6. The predicted molar refractivity (Wildman–Crippen MR) is 146 cm³/mol. The van der Waals surface area contributed by atoms with Gasteiger partial charge in [0, 0.05) is 15.3 Å². The van der Waals surface area contributed by atoms with Crippen LogP contribution in [0.15, 0.2) is 96.6 Å². The van der Waals surface area contributed by atoms with Gasteiger partial charge in [0.15, 0.2) is 5.78 Å². The molecular formula is C31H28N2OS. The number of fused-ring (bicyclic) bond motifs is 3. The first-order chi connectivity index (χ1) is 17.0. The van der Waals surface area contributed by atoms with E-state index in [9.17, 15) is 4.79 Å². The molecule has 0 saturated carbocycles. The molecule has 1 saturated heterocycles. The molecular weight excluding hydrogens is 448 g/mol. The number of nitrogens with zero attached hydrogens (tertiary/aromatic N) is 2. The van der Waals surface area contributed by atoms with E-state index in [0.29, 0.717) is 6.54 Å². The minimum atomic E-state index is -0.148. The van der Waals surface area contributed by atoms with Crippen LogP contribution in [-0.4, -0.2) is 18.5 Å². The first kappa shape index (κ1) is 21.9. The molecule has 1 atom stereocenters. The Balaban J connectivity index is 1.60. The fourth-order valence-corrected chi connectivity index (χ4v) is 6.79. The molecule has 1 unspecified atom stereocenters. The van der Waals surface area contributed by atoms with Crippen molar-refractivity contribution in [2.24, 2.45) is 0 Å². The Bertz CT molecular complexity index is 1400. The van der Waals surface area contributed by atoms with Crippen LogP contribution in [0.1, 0.15) is 39.4 Å². The minimum absolute atomic E-state index is 0.0208. The summed E-state index contributed by atoms with van der Waals surface area (Å²) >= 11 is 1.80. The van der Waals surface area contributed by atoms with Gasteiger partial charge in [0.2, 0.25) is 0 Å². The highest BCUT2D eigenvalue weighted by molar-refractivity contribution is 7.12. The number of hydrogen-bond acceptors (Lipinski definition) is 4. The molecule has 3 heterocycles. The van der Waals surface area contributed by atoms with E-state index in [1.165, 1.54) is 32.1 Å². The normalized spacial score (nSPS) is 18.3. The number of carbonyl (C=O) groups is 1. The van der Waals surface area contributed by atoms with Crippen LogP contribution in [0.2, 0.25) is 0 Å². The number of rotatable bonds is 4. The summed E-state index contributed by atoms with van der Waals surface area (Å²) in [7, 11) is 0. The number of anilines is 2. The minimum Gasteiger partial charge on any atom is -0.338 e. The Kier molecular flexibility index (Phi) is 5.34. The van der Waals surface area contributed by atoms with E-state index in [1.807, 2.05) is 0 Å². The molecule has 2 aliphatic heterocycles. The van der Waals surface area contributed by atoms with Gasteiger partial charge in [0.05, 0.1) is 24.0 Å². The fraction of sp³-hybridized carbons (Fsp3) is 0.194. The quantitative estimate of drug-likeness (QED) is 0.292. The molecule has 4 aromatic rings. The lowest BCUT2D eigenvalue weighted by atomic mass is 9.93. The largest absolute Gasteiger partial charge is 0.338 e. The third-order valence-electron chi connectivity index (χ3n) is 7.26. The zero-order valence-electron chi connectivity index (χ0n) is 20.2. The Hall–Kier alpha value is -3.63. The van der Waals surface area contributed by atoms with Gasteiger partial charge in [-0.25, -0.2) is 0 Å². The standard InChI is InChI=1S/C31H28N2OS/c1-20-18-25(22(3)35-20)21(2)29-28(34)19-32-26-16-10-11-17-27(26)33(31(29)32)30(23-12-6-4-7-13-23)24-14-8-5-9-15-24/h4-18,30-31H,19H2,1-3H3. The van der Waals surface area contributed by atoms with Gasteiger partial charge in [-0.3, -0.25) is 4.79 Å². The maximum absolute atomic E-state index is 13.6. The van der Waals surface area contributed by atoms with E-state index in [2.05, 4.69) is 122 Å². The van der Waals surface area contributed by atoms with Crippen molar-refractivity contribution in [3.8, 4) is 0 Å². The number of carbonyl (C=O) groups excluding carboxylic acids is 1. The summed E-state index contributed by atoms with van der Waals surface area (Å²) in [6, 6.07) is 32.1. The number of Topliss-reactive ketones (excluding diaryl/α,β-unsaturated/α-hetero) is 1. The molecule has 3 nitrogen and oxygen atoms in total. The lowest BCUT2D eigenvalue weighted by molar-refractivity contribution is -0.113. The summed E-state index contributed by atoms with van der Waals surface area (Å²) in [5.74, 6) is 0.218. The second-order valence-electron chi connectivity index (χ2n) is 9.41.